The zero-order valence-electron chi connectivity index (χ0n) is 11.3. The predicted octanol–water partition coefficient (Wildman–Crippen LogP) is 5.70. The highest BCUT2D eigenvalue weighted by atomic mass is 79.9. The van der Waals surface area contributed by atoms with Gasteiger partial charge in [0.1, 0.15) is 5.82 Å². The van der Waals surface area contributed by atoms with E-state index in [1.165, 1.54) is 11.6 Å². The molecule has 1 atom stereocenters. The summed E-state index contributed by atoms with van der Waals surface area (Å²) in [5, 5.41) is 5.97. The molecule has 1 aromatic carbocycles. The largest absolute Gasteiger partial charge is 0.305 e. The molecule has 1 aromatic heterocycles. The van der Waals surface area contributed by atoms with Crippen LogP contribution in [0.3, 0.4) is 0 Å². The molecular weight excluding hydrogens is 361 g/mol. The Bertz CT molecular complexity index is 600. The van der Waals surface area contributed by atoms with Crippen LogP contribution in [-0.4, -0.2) is 6.54 Å². The molecule has 0 radical (unpaired) electrons. The molecule has 1 N–H and O–H groups in total. The van der Waals surface area contributed by atoms with Gasteiger partial charge in [0.15, 0.2) is 0 Å². The molecule has 0 aliphatic rings. The van der Waals surface area contributed by atoms with Gasteiger partial charge in [0.2, 0.25) is 0 Å². The molecule has 0 aliphatic heterocycles. The second kappa shape index (κ2) is 7.03. The van der Waals surface area contributed by atoms with Crippen LogP contribution in [0.25, 0.3) is 0 Å². The summed E-state index contributed by atoms with van der Waals surface area (Å²) in [6.07, 6.45) is 0.993. The van der Waals surface area contributed by atoms with Crippen molar-refractivity contribution in [3.05, 3.63) is 54.9 Å². The van der Waals surface area contributed by atoms with Gasteiger partial charge in [-0.15, -0.1) is 11.3 Å². The molecule has 1 heterocycles. The van der Waals surface area contributed by atoms with E-state index in [1.54, 1.807) is 17.4 Å². The third-order valence-corrected chi connectivity index (χ3v) is 5.39. The maximum atomic E-state index is 14.3. The smallest absolute Gasteiger partial charge is 0.129 e. The number of thiophene rings is 1. The molecule has 1 unspecified atom stereocenters. The molecule has 0 saturated carbocycles. The van der Waals surface area contributed by atoms with Gasteiger partial charge in [-0.3, -0.25) is 0 Å². The molecule has 20 heavy (non-hydrogen) atoms. The fraction of sp³-hybridized carbons (Fsp3) is 0.333. The van der Waals surface area contributed by atoms with Gasteiger partial charge in [0.25, 0.3) is 0 Å². The summed E-state index contributed by atoms with van der Waals surface area (Å²) >= 11 is 11.0. The summed E-state index contributed by atoms with van der Waals surface area (Å²) in [5.41, 5.74) is 1.76. The topological polar surface area (TPSA) is 12.0 Å². The highest BCUT2D eigenvalue weighted by Gasteiger charge is 2.21. The van der Waals surface area contributed by atoms with Gasteiger partial charge in [-0.1, -0.05) is 18.5 Å². The zero-order valence-corrected chi connectivity index (χ0v) is 14.5. The minimum atomic E-state index is -0.248. The average Bonchev–Trinajstić information content (AvgIpc) is 2.82. The van der Waals surface area contributed by atoms with E-state index in [9.17, 15) is 4.39 Å². The Morgan fingerprint density at radius 3 is 2.80 bits per heavy atom. The first-order chi connectivity index (χ1) is 9.54. The van der Waals surface area contributed by atoms with Gasteiger partial charge >= 0.3 is 0 Å². The van der Waals surface area contributed by atoms with Crippen LogP contribution >= 0.6 is 38.9 Å². The van der Waals surface area contributed by atoms with Crippen LogP contribution in [0, 0.1) is 12.7 Å². The summed E-state index contributed by atoms with van der Waals surface area (Å²) in [6, 6.07) is 5.04. The van der Waals surface area contributed by atoms with Crippen molar-refractivity contribution in [2.24, 2.45) is 0 Å². The third kappa shape index (κ3) is 3.42. The molecule has 2 rings (SSSR count). The van der Waals surface area contributed by atoms with Gasteiger partial charge < -0.3 is 5.32 Å². The van der Waals surface area contributed by atoms with E-state index in [0.29, 0.717) is 15.1 Å². The van der Waals surface area contributed by atoms with Crippen molar-refractivity contribution >= 4 is 38.9 Å². The summed E-state index contributed by atoms with van der Waals surface area (Å²) in [5.74, 6) is -0.248. The van der Waals surface area contributed by atoms with Crippen molar-refractivity contribution in [1.29, 1.82) is 0 Å². The van der Waals surface area contributed by atoms with Gasteiger partial charge in [-0.2, -0.15) is 0 Å². The van der Waals surface area contributed by atoms with Crippen molar-refractivity contribution < 1.29 is 4.39 Å². The van der Waals surface area contributed by atoms with Crippen LogP contribution in [-0.2, 0) is 0 Å². The maximum absolute atomic E-state index is 14.3. The molecule has 108 valence electrons. The number of rotatable bonds is 5. The summed E-state index contributed by atoms with van der Waals surface area (Å²) in [4.78, 5) is 1.13. The molecule has 2 aromatic rings. The molecular formula is C15H16BrClFNS. The minimum Gasteiger partial charge on any atom is -0.305 e. The normalized spacial score (nSPS) is 12.7. The summed E-state index contributed by atoms with van der Waals surface area (Å²) in [6.45, 7) is 4.97. The van der Waals surface area contributed by atoms with Crippen LogP contribution in [0.15, 0.2) is 28.1 Å². The van der Waals surface area contributed by atoms with Gasteiger partial charge in [0.05, 0.1) is 11.1 Å². The quantitative estimate of drug-likeness (QED) is 0.660. The second-order valence-electron chi connectivity index (χ2n) is 4.64. The van der Waals surface area contributed by atoms with Crippen molar-refractivity contribution in [3.63, 3.8) is 0 Å². The molecule has 1 nitrogen and oxygen atoms in total. The Balaban J connectivity index is 2.46. The first kappa shape index (κ1) is 16.0. The Morgan fingerprint density at radius 1 is 1.45 bits per heavy atom. The van der Waals surface area contributed by atoms with Gasteiger partial charge in [0, 0.05) is 14.9 Å². The van der Waals surface area contributed by atoms with E-state index in [2.05, 4.69) is 34.2 Å². The van der Waals surface area contributed by atoms with Crippen molar-refractivity contribution in [3.8, 4) is 0 Å². The molecule has 0 bridgehead atoms. The lowest BCUT2D eigenvalue weighted by Gasteiger charge is -2.20. The lowest BCUT2D eigenvalue weighted by molar-refractivity contribution is 0.549. The molecule has 0 amide bonds. The van der Waals surface area contributed by atoms with Crippen molar-refractivity contribution in [2.75, 3.05) is 6.54 Å². The molecule has 0 aliphatic carbocycles. The summed E-state index contributed by atoms with van der Waals surface area (Å²) in [7, 11) is 0. The Labute approximate surface area is 136 Å². The van der Waals surface area contributed by atoms with E-state index in [0.717, 1.165) is 17.8 Å². The molecule has 0 spiro atoms. The molecule has 0 fully saturated rings. The van der Waals surface area contributed by atoms with E-state index in [1.807, 2.05) is 12.3 Å². The second-order valence-corrected chi connectivity index (χ2v) is 6.85. The number of benzene rings is 1. The minimum absolute atomic E-state index is 0.152. The van der Waals surface area contributed by atoms with E-state index < -0.39 is 0 Å². The number of nitrogens with one attached hydrogen (secondary N) is 1. The first-order valence-corrected chi connectivity index (χ1v) is 8.51. The number of hydrogen-bond donors (Lipinski definition) is 1. The van der Waals surface area contributed by atoms with Crippen LogP contribution < -0.4 is 5.32 Å². The third-order valence-electron chi connectivity index (χ3n) is 3.11. The van der Waals surface area contributed by atoms with E-state index in [4.69, 9.17) is 11.6 Å². The zero-order chi connectivity index (χ0) is 14.7. The standard InChI is InChI=1S/C15H16BrClFNS/c1-3-5-19-14(15-9(2)4-6-20-15)10-7-12(17)11(16)8-13(10)18/h4,6-8,14,19H,3,5H2,1-2H3. The van der Waals surface area contributed by atoms with Crippen LogP contribution in [0.1, 0.15) is 35.4 Å². The molecule has 5 heteroatoms. The fourth-order valence-electron chi connectivity index (χ4n) is 2.07. The lowest BCUT2D eigenvalue weighted by atomic mass is 10.0. The SMILES string of the molecule is CCCNC(c1cc(Cl)c(Br)cc1F)c1sccc1C. The maximum Gasteiger partial charge on any atom is 0.129 e. The highest BCUT2D eigenvalue weighted by Crippen LogP contribution is 2.34. The van der Waals surface area contributed by atoms with Gasteiger partial charge in [-0.05, 0) is 65.0 Å². The molecule has 0 saturated heterocycles. The number of halogens is 3. The highest BCUT2D eigenvalue weighted by molar-refractivity contribution is 9.10. The fourth-order valence-corrected chi connectivity index (χ4v) is 3.58. The van der Waals surface area contributed by atoms with Crippen molar-refractivity contribution in [1.82, 2.24) is 5.32 Å². The Hall–Kier alpha value is -0.420. The van der Waals surface area contributed by atoms with E-state index in [-0.39, 0.29) is 11.9 Å². The average molecular weight is 377 g/mol. The van der Waals surface area contributed by atoms with Crippen LogP contribution in [0.2, 0.25) is 5.02 Å². The van der Waals surface area contributed by atoms with Crippen LogP contribution in [0.5, 0.6) is 0 Å². The first-order valence-electron chi connectivity index (χ1n) is 6.46. The van der Waals surface area contributed by atoms with E-state index >= 15 is 0 Å². The lowest BCUT2D eigenvalue weighted by Crippen LogP contribution is -2.24. The van der Waals surface area contributed by atoms with Crippen molar-refractivity contribution in [2.45, 2.75) is 26.3 Å². The van der Waals surface area contributed by atoms with Crippen LogP contribution in [0.4, 0.5) is 4.39 Å². The Morgan fingerprint density at radius 2 is 2.20 bits per heavy atom. The van der Waals surface area contributed by atoms with Gasteiger partial charge in [-0.25, -0.2) is 4.39 Å². The Kier molecular flexibility index (Phi) is 5.61. The number of aryl methyl sites for hydroxylation is 1. The predicted molar refractivity (Wildman–Crippen MR) is 88.3 cm³/mol. The monoisotopic (exact) mass is 375 g/mol. The number of hydrogen-bond acceptors (Lipinski definition) is 2. The summed E-state index contributed by atoms with van der Waals surface area (Å²) < 4.78 is 14.9.